The zero-order chi connectivity index (χ0) is 9.73. The summed E-state index contributed by atoms with van der Waals surface area (Å²) in [4.78, 5) is 0. The molecule has 0 radical (unpaired) electrons. The second kappa shape index (κ2) is 4.42. The lowest BCUT2D eigenvalue weighted by Gasteiger charge is -2.17. The van der Waals surface area contributed by atoms with Gasteiger partial charge in [0.05, 0.1) is 8.07 Å². The first-order chi connectivity index (χ1) is 6.14. The number of hydrogen-bond donors (Lipinski definition) is 0. The maximum atomic E-state index is 2.40. The first kappa shape index (κ1) is 10.3. The first-order valence-electron chi connectivity index (χ1n) is 4.82. The molecule has 0 N–H and O–H groups in total. The lowest BCUT2D eigenvalue weighted by atomic mass is 10.2. The van der Waals surface area contributed by atoms with Gasteiger partial charge in [-0.15, -0.1) is 0 Å². The van der Waals surface area contributed by atoms with Crippen molar-refractivity contribution < 1.29 is 0 Å². The summed E-state index contributed by atoms with van der Waals surface area (Å²) < 4.78 is 0. The van der Waals surface area contributed by atoms with Crippen molar-refractivity contribution >= 4 is 8.07 Å². The topological polar surface area (TPSA) is 0 Å². The van der Waals surface area contributed by atoms with Crippen LogP contribution >= 0.6 is 0 Å². The second-order valence-corrected chi connectivity index (χ2v) is 8.82. The molecule has 0 aliphatic rings. The van der Waals surface area contributed by atoms with Crippen molar-refractivity contribution in [2.45, 2.75) is 26.1 Å². The highest BCUT2D eigenvalue weighted by molar-refractivity contribution is 6.81. The summed E-state index contributed by atoms with van der Waals surface area (Å²) in [6, 6.07) is 12.0. The molecular formula is C12H18Si. The van der Waals surface area contributed by atoms with Crippen LogP contribution in [0, 0.1) is 0 Å². The fourth-order valence-corrected chi connectivity index (χ4v) is 3.94. The van der Waals surface area contributed by atoms with Gasteiger partial charge in [-0.3, -0.25) is 0 Å². The van der Waals surface area contributed by atoms with Crippen LogP contribution in [0.15, 0.2) is 42.1 Å². The van der Waals surface area contributed by atoms with Crippen LogP contribution in [0.4, 0.5) is 0 Å². The largest absolute Gasteiger partial charge is 0.0986 e. The third kappa shape index (κ3) is 3.60. The van der Waals surface area contributed by atoms with Gasteiger partial charge in [0.2, 0.25) is 0 Å². The summed E-state index contributed by atoms with van der Waals surface area (Å²) in [5.74, 6) is 0. The van der Waals surface area contributed by atoms with Crippen LogP contribution in [0.25, 0.3) is 0 Å². The first-order valence-corrected chi connectivity index (χ1v) is 8.10. The molecule has 0 nitrogen and oxygen atoms in total. The molecular weight excluding hydrogens is 172 g/mol. The van der Waals surface area contributed by atoms with Crippen LogP contribution in [-0.2, 0) is 6.04 Å². The van der Waals surface area contributed by atoms with Gasteiger partial charge in [-0.05, 0) is 13.0 Å². The van der Waals surface area contributed by atoms with Crippen LogP contribution in [0.1, 0.15) is 12.5 Å². The van der Waals surface area contributed by atoms with E-state index in [-0.39, 0.29) is 0 Å². The minimum atomic E-state index is -1.12. The zero-order valence-corrected chi connectivity index (χ0v) is 9.75. The van der Waals surface area contributed by atoms with Gasteiger partial charge in [0.15, 0.2) is 0 Å². The van der Waals surface area contributed by atoms with Crippen LogP contribution in [-0.4, -0.2) is 8.07 Å². The molecule has 0 aliphatic heterocycles. The van der Waals surface area contributed by atoms with E-state index >= 15 is 0 Å². The van der Waals surface area contributed by atoms with Crippen LogP contribution in [0.3, 0.4) is 0 Å². The van der Waals surface area contributed by atoms with E-state index in [1.54, 1.807) is 0 Å². The summed E-state index contributed by atoms with van der Waals surface area (Å²) in [5, 5.41) is 0. The Bertz CT molecular complexity index is 272. The van der Waals surface area contributed by atoms with E-state index < -0.39 is 8.07 Å². The zero-order valence-electron chi connectivity index (χ0n) is 8.75. The van der Waals surface area contributed by atoms with Crippen molar-refractivity contribution in [3.05, 3.63) is 47.7 Å². The Labute approximate surface area is 82.3 Å². The Kier molecular flexibility index (Phi) is 3.49. The van der Waals surface area contributed by atoms with Gasteiger partial charge in [-0.2, -0.15) is 0 Å². The standard InChI is InChI=1S/C12H18Si/c1-4-10-13(2,3)11-12-8-6-5-7-9-12/h4-10H,11H2,1-3H3/b10-4+. The molecule has 0 spiro atoms. The normalized spacial score (nSPS) is 12.2. The van der Waals surface area contributed by atoms with Gasteiger partial charge in [0, 0.05) is 0 Å². The van der Waals surface area contributed by atoms with Crippen molar-refractivity contribution in [2.75, 3.05) is 0 Å². The average molecular weight is 190 g/mol. The number of allylic oxidation sites excluding steroid dienone is 1. The lowest BCUT2D eigenvalue weighted by Crippen LogP contribution is -2.26. The van der Waals surface area contributed by atoms with E-state index in [1.165, 1.54) is 11.6 Å². The monoisotopic (exact) mass is 190 g/mol. The summed E-state index contributed by atoms with van der Waals surface area (Å²) in [5.41, 5.74) is 3.87. The van der Waals surface area contributed by atoms with Crippen molar-refractivity contribution in [3.8, 4) is 0 Å². The molecule has 0 saturated heterocycles. The van der Waals surface area contributed by atoms with E-state index in [9.17, 15) is 0 Å². The van der Waals surface area contributed by atoms with Gasteiger partial charge in [-0.1, -0.05) is 60.8 Å². The van der Waals surface area contributed by atoms with Crippen molar-refractivity contribution in [1.82, 2.24) is 0 Å². The molecule has 0 heterocycles. The van der Waals surface area contributed by atoms with Crippen LogP contribution in [0.2, 0.25) is 13.1 Å². The highest BCUT2D eigenvalue weighted by Gasteiger charge is 2.16. The Morgan fingerprint density at radius 2 is 1.77 bits per heavy atom. The van der Waals surface area contributed by atoms with E-state index in [0.29, 0.717) is 0 Å². The summed E-state index contributed by atoms with van der Waals surface area (Å²) in [6.07, 6.45) is 2.19. The molecule has 0 unspecified atom stereocenters. The molecule has 0 aliphatic carbocycles. The van der Waals surface area contributed by atoms with Gasteiger partial charge < -0.3 is 0 Å². The molecule has 0 atom stereocenters. The SMILES string of the molecule is C/C=C/[Si](C)(C)Cc1ccccc1. The molecule has 0 bridgehead atoms. The summed E-state index contributed by atoms with van der Waals surface area (Å²) >= 11 is 0. The number of rotatable bonds is 3. The Morgan fingerprint density at radius 1 is 1.15 bits per heavy atom. The molecule has 1 aromatic rings. The van der Waals surface area contributed by atoms with E-state index in [1.807, 2.05) is 0 Å². The van der Waals surface area contributed by atoms with Crippen LogP contribution in [0.5, 0.6) is 0 Å². The highest BCUT2D eigenvalue weighted by atomic mass is 28.3. The predicted molar refractivity (Wildman–Crippen MR) is 62.4 cm³/mol. The molecule has 70 valence electrons. The molecule has 0 aromatic heterocycles. The van der Waals surface area contributed by atoms with E-state index in [0.717, 1.165) is 0 Å². The highest BCUT2D eigenvalue weighted by Crippen LogP contribution is 2.12. The molecule has 1 aromatic carbocycles. The van der Waals surface area contributed by atoms with E-state index in [2.05, 4.69) is 62.1 Å². The molecule has 1 heteroatoms. The summed E-state index contributed by atoms with van der Waals surface area (Å²) in [6.45, 7) is 6.92. The smallest absolute Gasteiger partial charge is 0.0756 e. The van der Waals surface area contributed by atoms with Crippen molar-refractivity contribution in [1.29, 1.82) is 0 Å². The molecule has 0 saturated carbocycles. The third-order valence-electron chi connectivity index (χ3n) is 2.12. The van der Waals surface area contributed by atoms with Crippen LogP contribution < -0.4 is 0 Å². The Balaban J connectivity index is 2.69. The number of hydrogen-bond acceptors (Lipinski definition) is 0. The Hall–Kier alpha value is -0.823. The van der Waals surface area contributed by atoms with Crippen molar-refractivity contribution in [3.63, 3.8) is 0 Å². The fourth-order valence-electron chi connectivity index (χ4n) is 1.63. The average Bonchev–Trinajstić information content (AvgIpc) is 2.04. The minimum absolute atomic E-state index is 1.12. The maximum absolute atomic E-state index is 2.40. The van der Waals surface area contributed by atoms with Gasteiger partial charge in [0.1, 0.15) is 0 Å². The Morgan fingerprint density at radius 3 is 2.31 bits per heavy atom. The number of benzene rings is 1. The van der Waals surface area contributed by atoms with Crippen molar-refractivity contribution in [2.24, 2.45) is 0 Å². The molecule has 1 rings (SSSR count). The quantitative estimate of drug-likeness (QED) is 0.639. The second-order valence-electron chi connectivity index (χ2n) is 4.15. The third-order valence-corrected chi connectivity index (χ3v) is 4.68. The molecule has 0 fully saturated rings. The van der Waals surface area contributed by atoms with Gasteiger partial charge in [-0.25, -0.2) is 0 Å². The molecule has 13 heavy (non-hydrogen) atoms. The van der Waals surface area contributed by atoms with Gasteiger partial charge >= 0.3 is 0 Å². The minimum Gasteiger partial charge on any atom is -0.0986 e. The van der Waals surface area contributed by atoms with Gasteiger partial charge in [0.25, 0.3) is 0 Å². The fraction of sp³-hybridized carbons (Fsp3) is 0.333. The lowest BCUT2D eigenvalue weighted by molar-refractivity contribution is 1.32. The summed E-state index contributed by atoms with van der Waals surface area (Å²) in [7, 11) is -1.12. The molecule has 0 amide bonds. The predicted octanol–water partition coefficient (Wildman–Crippen LogP) is 3.59. The maximum Gasteiger partial charge on any atom is 0.0756 e. The van der Waals surface area contributed by atoms with E-state index in [4.69, 9.17) is 0 Å².